The Morgan fingerprint density at radius 2 is 1.81 bits per heavy atom. The number of carbonyl (C=O) groups excluding carboxylic acids is 2. The smallest absolute Gasteiger partial charge is 0.341 e. The summed E-state index contributed by atoms with van der Waals surface area (Å²) in [5, 5.41) is 3.14. The molecule has 0 saturated heterocycles. The van der Waals surface area contributed by atoms with Crippen molar-refractivity contribution < 1.29 is 28.2 Å². The molecule has 0 aliphatic rings. The number of anilines is 1. The molecule has 6 nitrogen and oxygen atoms in total. The van der Waals surface area contributed by atoms with Gasteiger partial charge in [-0.05, 0) is 54.8 Å². The van der Waals surface area contributed by atoms with Crippen molar-refractivity contribution in [2.75, 3.05) is 26.1 Å². The molecule has 1 N–H and O–H groups in total. The summed E-state index contributed by atoms with van der Waals surface area (Å²) >= 11 is 1.26. The van der Waals surface area contributed by atoms with Crippen molar-refractivity contribution in [3.63, 3.8) is 0 Å². The summed E-state index contributed by atoms with van der Waals surface area (Å²) in [7, 11) is 2.85. The molecule has 0 bridgehead atoms. The second-order valence-electron chi connectivity index (χ2n) is 8.02. The van der Waals surface area contributed by atoms with Crippen molar-refractivity contribution in [1.82, 2.24) is 0 Å². The summed E-state index contributed by atoms with van der Waals surface area (Å²) in [6.07, 6.45) is 6.22. The highest BCUT2D eigenvalue weighted by Crippen LogP contribution is 2.40. The van der Waals surface area contributed by atoms with Gasteiger partial charge in [0.15, 0.2) is 11.5 Å². The Labute approximate surface area is 214 Å². The second-order valence-corrected chi connectivity index (χ2v) is 9.25. The molecule has 190 valence electrons. The van der Waals surface area contributed by atoms with E-state index in [0.717, 1.165) is 29.7 Å². The van der Waals surface area contributed by atoms with Gasteiger partial charge in [-0.3, -0.25) is 4.79 Å². The number of carbonyl (C=O) groups is 2. The maximum atomic E-state index is 13.4. The van der Waals surface area contributed by atoms with Gasteiger partial charge in [0.1, 0.15) is 16.4 Å². The van der Waals surface area contributed by atoms with Gasteiger partial charge in [0.25, 0.3) is 0 Å². The Kier molecular flexibility index (Phi) is 9.64. The minimum absolute atomic E-state index is 0.236. The molecule has 0 fully saturated rings. The number of nitrogens with one attached hydrogen (secondary N) is 1. The van der Waals surface area contributed by atoms with Crippen LogP contribution in [0.25, 0.3) is 17.2 Å². The molecule has 36 heavy (non-hydrogen) atoms. The number of methoxy groups -OCH3 is 2. The average Bonchev–Trinajstić information content (AvgIpc) is 3.20. The van der Waals surface area contributed by atoms with Crippen LogP contribution in [0.4, 0.5) is 9.39 Å². The summed E-state index contributed by atoms with van der Waals surface area (Å²) in [4.78, 5) is 26.1. The van der Waals surface area contributed by atoms with Crippen molar-refractivity contribution in [2.24, 2.45) is 0 Å². The fourth-order valence-electron chi connectivity index (χ4n) is 3.66. The number of ether oxygens (including phenoxy) is 3. The predicted molar refractivity (Wildman–Crippen MR) is 141 cm³/mol. The molecule has 0 atom stereocenters. The Bertz CT molecular complexity index is 1230. The number of rotatable bonds is 11. The lowest BCUT2D eigenvalue weighted by molar-refractivity contribution is -0.111. The molecule has 0 unspecified atom stereocenters. The molecule has 1 aromatic heterocycles. The topological polar surface area (TPSA) is 73.9 Å². The highest BCUT2D eigenvalue weighted by molar-refractivity contribution is 7.17. The van der Waals surface area contributed by atoms with E-state index in [1.807, 2.05) is 19.1 Å². The third kappa shape index (κ3) is 6.73. The van der Waals surface area contributed by atoms with E-state index in [0.29, 0.717) is 34.2 Å². The number of aryl methyl sites for hydroxylation is 1. The van der Waals surface area contributed by atoms with E-state index >= 15 is 0 Å². The van der Waals surface area contributed by atoms with Crippen LogP contribution in [0.5, 0.6) is 11.5 Å². The number of unbranched alkanes of at least 4 members (excludes halogenated alkanes) is 2. The lowest BCUT2D eigenvalue weighted by atomic mass is 10.0. The molecule has 1 heterocycles. The minimum Gasteiger partial charge on any atom is -0.493 e. The van der Waals surface area contributed by atoms with E-state index in [-0.39, 0.29) is 11.4 Å². The van der Waals surface area contributed by atoms with Gasteiger partial charge in [-0.2, -0.15) is 0 Å². The normalized spacial score (nSPS) is 10.9. The van der Waals surface area contributed by atoms with Gasteiger partial charge >= 0.3 is 5.97 Å². The molecule has 0 spiro atoms. The zero-order chi connectivity index (χ0) is 26.1. The molecule has 0 saturated carbocycles. The molecule has 0 radical (unpaired) electrons. The number of benzene rings is 2. The van der Waals surface area contributed by atoms with Crippen molar-refractivity contribution in [1.29, 1.82) is 0 Å². The van der Waals surface area contributed by atoms with Crippen molar-refractivity contribution in [3.05, 3.63) is 70.4 Å². The molecule has 1 amide bonds. The number of esters is 1. The zero-order valence-electron chi connectivity index (χ0n) is 20.9. The van der Waals surface area contributed by atoms with E-state index < -0.39 is 11.9 Å². The maximum absolute atomic E-state index is 13.4. The fraction of sp³-hybridized carbons (Fsp3) is 0.286. The van der Waals surface area contributed by atoms with Gasteiger partial charge in [0, 0.05) is 16.5 Å². The first-order valence-electron chi connectivity index (χ1n) is 11.7. The first kappa shape index (κ1) is 26.9. The third-order valence-electron chi connectivity index (χ3n) is 5.46. The van der Waals surface area contributed by atoms with Gasteiger partial charge in [-0.15, -0.1) is 11.3 Å². The highest BCUT2D eigenvalue weighted by Gasteiger charge is 2.24. The van der Waals surface area contributed by atoms with Gasteiger partial charge in [-0.1, -0.05) is 38.0 Å². The summed E-state index contributed by atoms with van der Waals surface area (Å²) in [6, 6.07) is 11.3. The van der Waals surface area contributed by atoms with Crippen LogP contribution >= 0.6 is 11.3 Å². The monoisotopic (exact) mass is 511 g/mol. The lowest BCUT2D eigenvalue weighted by Crippen LogP contribution is -2.11. The Balaban J connectivity index is 1.78. The zero-order valence-corrected chi connectivity index (χ0v) is 21.7. The van der Waals surface area contributed by atoms with Crippen LogP contribution in [0.15, 0.2) is 48.5 Å². The predicted octanol–water partition coefficient (Wildman–Crippen LogP) is 6.88. The van der Waals surface area contributed by atoms with Gasteiger partial charge in [-0.25, -0.2) is 9.18 Å². The van der Waals surface area contributed by atoms with Crippen LogP contribution in [-0.4, -0.2) is 32.7 Å². The van der Waals surface area contributed by atoms with Crippen LogP contribution in [0.1, 0.15) is 47.0 Å². The molecule has 3 rings (SSSR count). The molecular formula is C28H30FNO5S. The summed E-state index contributed by atoms with van der Waals surface area (Å²) in [5.74, 6) is -0.138. The third-order valence-corrected chi connectivity index (χ3v) is 6.48. The van der Waals surface area contributed by atoms with Crippen LogP contribution in [0, 0.1) is 12.7 Å². The Morgan fingerprint density at radius 1 is 1.06 bits per heavy atom. The number of thiophene rings is 1. The van der Waals surface area contributed by atoms with Crippen molar-refractivity contribution in [3.8, 4) is 22.6 Å². The van der Waals surface area contributed by atoms with Crippen LogP contribution in [0.3, 0.4) is 0 Å². The van der Waals surface area contributed by atoms with Crippen LogP contribution in [0.2, 0.25) is 0 Å². The molecule has 0 aliphatic heterocycles. The summed E-state index contributed by atoms with van der Waals surface area (Å²) in [6.45, 7) is 4.59. The van der Waals surface area contributed by atoms with Gasteiger partial charge in [0.05, 0.1) is 20.8 Å². The van der Waals surface area contributed by atoms with E-state index in [1.54, 1.807) is 31.4 Å². The minimum atomic E-state index is -0.586. The molecule has 0 aliphatic carbocycles. The van der Waals surface area contributed by atoms with E-state index in [1.165, 1.54) is 36.7 Å². The van der Waals surface area contributed by atoms with Crippen molar-refractivity contribution in [2.45, 2.75) is 33.1 Å². The first-order chi connectivity index (χ1) is 17.4. The van der Waals surface area contributed by atoms with Crippen molar-refractivity contribution >= 4 is 34.3 Å². The number of hydrogen-bond donors (Lipinski definition) is 1. The summed E-state index contributed by atoms with van der Waals surface area (Å²) < 4.78 is 29.6. The number of amides is 1. The Morgan fingerprint density at radius 3 is 2.47 bits per heavy atom. The van der Waals surface area contributed by atoms with Crippen LogP contribution in [-0.2, 0) is 9.53 Å². The summed E-state index contributed by atoms with van der Waals surface area (Å²) in [5.41, 5.74) is 2.25. The SMILES string of the molecule is CCCCCOc1ccc(/C=C/C(=O)Nc2sc(C)c(-c3ccc(F)cc3)c2C(=O)OC)cc1OC. The standard InChI is InChI=1S/C28H30FNO5S/c1-5-6-7-16-35-22-14-8-19(17-23(22)33-3)9-15-24(31)30-27-26(28(32)34-4)25(18(2)36-27)20-10-12-21(29)13-11-20/h8-15,17H,5-7,16H2,1-4H3,(H,30,31)/b15-9+. The molecule has 2 aromatic carbocycles. The second kappa shape index (κ2) is 12.9. The number of halogens is 1. The van der Waals surface area contributed by atoms with Gasteiger partial charge < -0.3 is 19.5 Å². The van der Waals surface area contributed by atoms with E-state index in [2.05, 4.69) is 12.2 Å². The van der Waals surface area contributed by atoms with Crippen LogP contribution < -0.4 is 14.8 Å². The first-order valence-corrected chi connectivity index (χ1v) is 12.5. The highest BCUT2D eigenvalue weighted by atomic mass is 32.1. The fourth-order valence-corrected chi connectivity index (χ4v) is 4.73. The molecule has 8 heteroatoms. The lowest BCUT2D eigenvalue weighted by Gasteiger charge is -2.11. The quantitative estimate of drug-likeness (QED) is 0.173. The maximum Gasteiger partial charge on any atom is 0.341 e. The molecular weight excluding hydrogens is 481 g/mol. The Hall–Kier alpha value is -3.65. The van der Waals surface area contributed by atoms with Gasteiger partial charge in [0.2, 0.25) is 5.91 Å². The molecule has 3 aromatic rings. The van der Waals surface area contributed by atoms with E-state index in [4.69, 9.17) is 14.2 Å². The van der Waals surface area contributed by atoms with E-state index in [9.17, 15) is 14.0 Å². The largest absolute Gasteiger partial charge is 0.493 e. The average molecular weight is 512 g/mol. The number of hydrogen-bond acceptors (Lipinski definition) is 6.